The Bertz CT molecular complexity index is 267. The van der Waals surface area contributed by atoms with Crippen molar-refractivity contribution >= 4 is 5.91 Å². The number of hydrogen-bond acceptors (Lipinski definition) is 2. The van der Waals surface area contributed by atoms with Crippen molar-refractivity contribution in [3.63, 3.8) is 0 Å². The number of rotatable bonds is 2. The van der Waals surface area contributed by atoms with Crippen molar-refractivity contribution in [1.82, 2.24) is 9.80 Å². The number of amides is 1. The Hall–Kier alpha value is -0.570. The molecule has 0 radical (unpaired) electrons. The normalized spacial score (nSPS) is 31.5. The molecule has 0 saturated carbocycles. The maximum absolute atomic E-state index is 12.6. The van der Waals surface area contributed by atoms with E-state index in [2.05, 4.69) is 23.8 Å². The molecule has 0 bridgehead atoms. The molecule has 2 aliphatic rings. The Morgan fingerprint density at radius 3 is 2.71 bits per heavy atom. The van der Waals surface area contributed by atoms with E-state index in [1.54, 1.807) is 0 Å². The minimum atomic E-state index is 0.265. The van der Waals surface area contributed by atoms with Crippen LogP contribution < -0.4 is 0 Å². The van der Waals surface area contributed by atoms with Crippen LogP contribution in [0.15, 0.2) is 0 Å². The zero-order chi connectivity index (χ0) is 12.3. The first-order valence-electron chi connectivity index (χ1n) is 7.21. The van der Waals surface area contributed by atoms with Crippen molar-refractivity contribution in [1.29, 1.82) is 0 Å². The van der Waals surface area contributed by atoms with E-state index in [9.17, 15) is 4.79 Å². The Balaban J connectivity index is 1.97. The lowest BCUT2D eigenvalue weighted by molar-refractivity contribution is -0.141. The van der Waals surface area contributed by atoms with E-state index in [4.69, 9.17) is 0 Å². The molecule has 2 saturated heterocycles. The van der Waals surface area contributed by atoms with Gasteiger partial charge in [0.2, 0.25) is 5.91 Å². The van der Waals surface area contributed by atoms with Crippen molar-refractivity contribution in [3.8, 4) is 0 Å². The maximum Gasteiger partial charge on any atom is 0.227 e. The van der Waals surface area contributed by atoms with E-state index in [0.29, 0.717) is 11.9 Å². The minimum absolute atomic E-state index is 0.265. The molecule has 1 amide bonds. The van der Waals surface area contributed by atoms with Gasteiger partial charge in [-0.25, -0.2) is 0 Å². The molecule has 2 atom stereocenters. The summed E-state index contributed by atoms with van der Waals surface area (Å²) >= 11 is 0. The summed E-state index contributed by atoms with van der Waals surface area (Å²) in [4.78, 5) is 17.1. The second-order valence-corrected chi connectivity index (χ2v) is 5.69. The van der Waals surface area contributed by atoms with Crippen LogP contribution in [0.1, 0.15) is 45.4 Å². The summed E-state index contributed by atoms with van der Waals surface area (Å²) < 4.78 is 0. The lowest BCUT2D eigenvalue weighted by atomic mass is 9.93. The second-order valence-electron chi connectivity index (χ2n) is 5.69. The van der Waals surface area contributed by atoms with Crippen LogP contribution in [0.5, 0.6) is 0 Å². The van der Waals surface area contributed by atoms with Gasteiger partial charge in [-0.05, 0) is 52.1 Å². The Labute approximate surface area is 105 Å². The number of hydrogen-bond donors (Lipinski definition) is 0. The number of carbonyl (C=O) groups excluding carboxylic acids is 1. The summed E-state index contributed by atoms with van der Waals surface area (Å²) in [5.74, 6) is 0.698. The van der Waals surface area contributed by atoms with Crippen molar-refractivity contribution in [2.45, 2.75) is 51.5 Å². The predicted molar refractivity (Wildman–Crippen MR) is 69.9 cm³/mol. The third kappa shape index (κ3) is 3.01. The van der Waals surface area contributed by atoms with Gasteiger partial charge < -0.3 is 9.80 Å². The SMILES string of the molecule is CCC1CCCCN1C(=O)C1CCCN(C)C1. The Kier molecular flexibility index (Phi) is 4.43. The fourth-order valence-corrected chi connectivity index (χ4v) is 3.32. The number of piperidine rings is 2. The molecule has 0 aromatic heterocycles. The third-order valence-corrected chi connectivity index (χ3v) is 4.36. The van der Waals surface area contributed by atoms with E-state index in [0.717, 1.165) is 32.5 Å². The molecule has 0 aromatic carbocycles. The van der Waals surface area contributed by atoms with E-state index < -0.39 is 0 Å². The van der Waals surface area contributed by atoms with Gasteiger partial charge in [0.05, 0.1) is 5.92 Å². The summed E-state index contributed by atoms with van der Waals surface area (Å²) in [6, 6.07) is 0.517. The molecule has 0 aromatic rings. The fourth-order valence-electron chi connectivity index (χ4n) is 3.32. The van der Waals surface area contributed by atoms with Crippen molar-refractivity contribution in [2.24, 2.45) is 5.92 Å². The highest BCUT2D eigenvalue weighted by molar-refractivity contribution is 5.79. The molecule has 3 nitrogen and oxygen atoms in total. The molecule has 3 heteroatoms. The topological polar surface area (TPSA) is 23.6 Å². The molecule has 2 rings (SSSR count). The molecule has 2 heterocycles. The highest BCUT2D eigenvalue weighted by atomic mass is 16.2. The quantitative estimate of drug-likeness (QED) is 0.735. The monoisotopic (exact) mass is 238 g/mol. The van der Waals surface area contributed by atoms with Crippen molar-refractivity contribution < 1.29 is 4.79 Å². The van der Waals surface area contributed by atoms with Gasteiger partial charge in [0.15, 0.2) is 0 Å². The first kappa shape index (κ1) is 12.9. The van der Waals surface area contributed by atoms with Gasteiger partial charge in [-0.3, -0.25) is 4.79 Å². The van der Waals surface area contributed by atoms with Crippen LogP contribution in [-0.2, 0) is 4.79 Å². The van der Waals surface area contributed by atoms with Crippen LogP contribution in [0.3, 0.4) is 0 Å². The lowest BCUT2D eigenvalue weighted by Gasteiger charge is -2.39. The van der Waals surface area contributed by atoms with E-state index >= 15 is 0 Å². The highest BCUT2D eigenvalue weighted by Gasteiger charge is 2.32. The number of carbonyl (C=O) groups is 1. The first-order valence-corrected chi connectivity index (χ1v) is 7.21. The van der Waals surface area contributed by atoms with Gasteiger partial charge in [0.25, 0.3) is 0 Å². The summed E-state index contributed by atoms with van der Waals surface area (Å²) in [5, 5.41) is 0. The van der Waals surface area contributed by atoms with Crippen LogP contribution in [-0.4, -0.2) is 48.4 Å². The van der Waals surface area contributed by atoms with Crippen LogP contribution in [0.4, 0.5) is 0 Å². The second kappa shape index (κ2) is 5.85. The smallest absolute Gasteiger partial charge is 0.227 e. The van der Waals surface area contributed by atoms with Gasteiger partial charge in [-0.2, -0.15) is 0 Å². The minimum Gasteiger partial charge on any atom is -0.339 e. The summed E-state index contributed by atoms with van der Waals surface area (Å²) in [7, 11) is 2.13. The highest BCUT2D eigenvalue weighted by Crippen LogP contribution is 2.24. The number of nitrogens with zero attached hydrogens (tertiary/aromatic N) is 2. The van der Waals surface area contributed by atoms with Gasteiger partial charge in [-0.15, -0.1) is 0 Å². The molecule has 0 aliphatic carbocycles. The average Bonchev–Trinajstić information content (AvgIpc) is 2.38. The zero-order valence-electron chi connectivity index (χ0n) is 11.3. The Morgan fingerprint density at radius 1 is 1.18 bits per heavy atom. The van der Waals surface area contributed by atoms with E-state index in [1.807, 2.05) is 0 Å². The Morgan fingerprint density at radius 2 is 2.00 bits per heavy atom. The van der Waals surface area contributed by atoms with Crippen LogP contribution in [0.25, 0.3) is 0 Å². The molecule has 98 valence electrons. The molecule has 2 unspecified atom stereocenters. The van der Waals surface area contributed by atoms with Crippen molar-refractivity contribution in [3.05, 3.63) is 0 Å². The van der Waals surface area contributed by atoms with Crippen molar-refractivity contribution in [2.75, 3.05) is 26.7 Å². The summed E-state index contributed by atoms with van der Waals surface area (Å²) in [6.07, 6.45) is 7.10. The lowest BCUT2D eigenvalue weighted by Crippen LogP contribution is -2.49. The largest absolute Gasteiger partial charge is 0.339 e. The zero-order valence-corrected chi connectivity index (χ0v) is 11.3. The molecular formula is C14H26N2O. The van der Waals surface area contributed by atoms with Crippen LogP contribution >= 0.6 is 0 Å². The van der Waals surface area contributed by atoms with E-state index in [-0.39, 0.29) is 5.92 Å². The molecule has 0 spiro atoms. The van der Waals surface area contributed by atoms with Crippen LogP contribution in [0.2, 0.25) is 0 Å². The molecular weight excluding hydrogens is 212 g/mol. The molecule has 17 heavy (non-hydrogen) atoms. The van der Waals surface area contributed by atoms with Gasteiger partial charge in [-0.1, -0.05) is 6.92 Å². The third-order valence-electron chi connectivity index (χ3n) is 4.36. The van der Waals surface area contributed by atoms with Gasteiger partial charge in [0, 0.05) is 19.1 Å². The summed E-state index contributed by atoms with van der Waals surface area (Å²) in [6.45, 7) is 5.33. The first-order chi connectivity index (χ1) is 8.22. The predicted octanol–water partition coefficient (Wildman–Crippen LogP) is 2.12. The maximum atomic E-state index is 12.6. The van der Waals surface area contributed by atoms with Gasteiger partial charge >= 0.3 is 0 Å². The average molecular weight is 238 g/mol. The van der Waals surface area contributed by atoms with E-state index in [1.165, 1.54) is 25.7 Å². The molecule has 2 fully saturated rings. The van der Waals surface area contributed by atoms with Gasteiger partial charge in [0.1, 0.15) is 0 Å². The fraction of sp³-hybridized carbons (Fsp3) is 0.929. The molecule has 2 aliphatic heterocycles. The number of likely N-dealkylation sites (tertiary alicyclic amines) is 2. The van der Waals surface area contributed by atoms with Crippen LogP contribution in [0, 0.1) is 5.92 Å². The summed E-state index contributed by atoms with van der Waals surface area (Å²) in [5.41, 5.74) is 0. The molecule has 0 N–H and O–H groups in total. The standard InChI is InChI=1S/C14H26N2O/c1-3-13-8-4-5-10-16(13)14(17)12-7-6-9-15(2)11-12/h12-13H,3-11H2,1-2H3.